The third kappa shape index (κ3) is 7.98. The molecule has 8 heteroatoms. The van der Waals surface area contributed by atoms with E-state index >= 15 is 0 Å². The van der Waals surface area contributed by atoms with Gasteiger partial charge in [-0.3, -0.25) is 4.79 Å². The summed E-state index contributed by atoms with van der Waals surface area (Å²) in [5.74, 6) is -1.50. The Hall–Kier alpha value is -4.33. The maximum absolute atomic E-state index is 12.9. The summed E-state index contributed by atoms with van der Waals surface area (Å²) in [6, 6.07) is 25.6. The molecule has 0 spiro atoms. The highest BCUT2D eigenvalue weighted by atomic mass is 16.5. The van der Waals surface area contributed by atoms with Crippen LogP contribution in [0.4, 0.5) is 10.5 Å². The fourth-order valence-corrected chi connectivity index (χ4v) is 2.88. The molecule has 0 fully saturated rings. The second kappa shape index (κ2) is 12.6. The van der Waals surface area contributed by atoms with E-state index in [2.05, 4.69) is 10.6 Å². The lowest BCUT2D eigenvalue weighted by Crippen LogP contribution is -2.53. The quantitative estimate of drug-likeness (QED) is 0.314. The fourth-order valence-electron chi connectivity index (χ4n) is 2.88. The van der Waals surface area contributed by atoms with Crippen LogP contribution < -0.4 is 15.9 Å². The minimum atomic E-state index is -1.45. The second-order valence-corrected chi connectivity index (χ2v) is 7.40. The molecule has 0 radical (unpaired) electrons. The number of rotatable bonds is 10. The molecule has 3 N–H and O–H groups in total. The molecule has 2 atom stereocenters. The molecule has 0 aromatic heterocycles. The van der Waals surface area contributed by atoms with E-state index in [1.807, 2.05) is 48.5 Å². The Morgan fingerprint density at radius 1 is 0.765 bits per heavy atom. The molecule has 2 amide bonds. The molecule has 0 aliphatic rings. The average Bonchev–Trinajstić information content (AvgIpc) is 2.90. The molecule has 0 aliphatic carbocycles. The summed E-state index contributed by atoms with van der Waals surface area (Å²) in [7, 11) is 0. The lowest BCUT2D eigenvalue weighted by molar-refractivity contribution is -0.148. The zero-order chi connectivity index (χ0) is 25.0. The summed E-state index contributed by atoms with van der Waals surface area (Å²) in [6.07, 6.45) is -2.23. The first-order valence-corrected chi connectivity index (χ1v) is 10.8. The first-order chi connectivity index (χ1) is 16.9. The number of carbonyl (C=O) groups is 3. The number of nitrogens with one attached hydrogen (secondary N) is 3. The second-order valence-electron chi connectivity index (χ2n) is 7.40. The third-order valence-electron chi connectivity index (χ3n) is 4.70. The van der Waals surface area contributed by atoms with E-state index in [1.165, 1.54) is 6.92 Å². The zero-order valence-electron chi connectivity index (χ0n) is 19.7. The van der Waals surface area contributed by atoms with Crippen molar-refractivity contribution in [2.45, 2.75) is 32.3 Å². The predicted molar refractivity (Wildman–Crippen MR) is 127 cm³/mol. The Bertz CT molecular complexity index is 1100. The monoisotopic (exact) mass is 462 g/mol. The highest BCUT2D eigenvalue weighted by Gasteiger charge is 2.26. The van der Waals surface area contributed by atoms with Gasteiger partial charge in [0.2, 0.25) is 5.91 Å². The minimum Gasteiger partial charge on any atom is -0.458 e. The van der Waals surface area contributed by atoms with E-state index in [0.29, 0.717) is 5.69 Å². The van der Waals surface area contributed by atoms with Crippen molar-refractivity contribution in [1.29, 1.82) is 0 Å². The number of amides is 2. The maximum atomic E-state index is 12.9. The van der Waals surface area contributed by atoms with Gasteiger partial charge >= 0.3 is 12.1 Å². The van der Waals surface area contributed by atoms with Crippen molar-refractivity contribution in [3.05, 3.63) is 102 Å². The highest BCUT2D eigenvalue weighted by Crippen LogP contribution is 2.09. The predicted octanol–water partition coefficient (Wildman–Crippen LogP) is 3.60. The fraction of sp³-hybridized carbons (Fsp3) is 0.192. The molecule has 8 nitrogen and oxygen atoms in total. The molecule has 0 bridgehead atoms. The lowest BCUT2D eigenvalue weighted by Gasteiger charge is -2.22. The number of para-hydroxylation sites is 1. The van der Waals surface area contributed by atoms with Crippen molar-refractivity contribution >= 4 is 23.7 Å². The number of anilines is 1. The van der Waals surface area contributed by atoms with E-state index in [4.69, 9.17) is 10.9 Å². The minimum absolute atomic E-state index is 0.0196. The van der Waals surface area contributed by atoms with E-state index in [-0.39, 0.29) is 13.2 Å². The van der Waals surface area contributed by atoms with Crippen LogP contribution in [0, 0.1) is 0 Å². The smallest absolute Gasteiger partial charge is 0.408 e. The van der Waals surface area contributed by atoms with Gasteiger partial charge in [-0.25, -0.2) is 9.59 Å². The standard InChI is InChI=1S/C26H27N3O5/c1-19(27-26(32)34-18-21-13-7-3-8-14-21)24(30)29-23(28-22-15-9-4-10-16-22)25(31)33-17-20-11-5-2-6-12-20/h2-16,19,23,28H,17-18H2,1H3,(H,27,32)(H,29,30)/t19-,23?/m0/s1/i/hD. The van der Waals surface area contributed by atoms with Crippen LogP contribution in [0.3, 0.4) is 0 Å². The maximum Gasteiger partial charge on any atom is 0.408 e. The Morgan fingerprint density at radius 3 is 1.82 bits per heavy atom. The molecular formula is C26H27N3O5. The number of ether oxygens (including phenoxy) is 2. The van der Waals surface area contributed by atoms with Crippen LogP contribution >= 0.6 is 0 Å². The Labute approximate surface area is 199 Å². The van der Waals surface area contributed by atoms with Gasteiger partial charge < -0.3 is 25.4 Å². The summed E-state index contributed by atoms with van der Waals surface area (Å²) in [5, 5.41) is 5.76. The topological polar surface area (TPSA) is 106 Å². The average molecular weight is 463 g/mol. The molecule has 0 heterocycles. The summed E-state index contributed by atoms with van der Waals surface area (Å²) in [6.45, 7) is 1.47. The van der Waals surface area contributed by atoms with Gasteiger partial charge in [-0.15, -0.1) is 0 Å². The van der Waals surface area contributed by atoms with Crippen molar-refractivity contribution in [1.82, 2.24) is 10.6 Å². The first-order valence-electron chi connectivity index (χ1n) is 11.2. The van der Waals surface area contributed by atoms with Crippen molar-refractivity contribution in [3.63, 3.8) is 0 Å². The summed E-state index contributed by atoms with van der Waals surface area (Å²) in [4.78, 5) is 37.8. The van der Waals surface area contributed by atoms with Crippen LogP contribution in [0.2, 0.25) is 1.41 Å². The van der Waals surface area contributed by atoms with Gasteiger partial charge in [-0.1, -0.05) is 78.9 Å². The van der Waals surface area contributed by atoms with Crippen molar-refractivity contribution in [2.24, 2.45) is 0 Å². The van der Waals surface area contributed by atoms with Crippen molar-refractivity contribution < 1.29 is 25.3 Å². The molecule has 34 heavy (non-hydrogen) atoms. The normalized spacial score (nSPS) is 12.4. The van der Waals surface area contributed by atoms with Crippen molar-refractivity contribution in [2.75, 3.05) is 5.31 Å². The summed E-state index contributed by atoms with van der Waals surface area (Å²) >= 11 is 0. The van der Waals surface area contributed by atoms with Crippen LogP contribution in [0.15, 0.2) is 91.0 Å². The molecule has 3 aromatic rings. The molecule has 176 valence electrons. The Kier molecular flexibility index (Phi) is 8.50. The largest absolute Gasteiger partial charge is 0.458 e. The Morgan fingerprint density at radius 2 is 1.26 bits per heavy atom. The van der Waals surface area contributed by atoms with Crippen LogP contribution in [0.5, 0.6) is 0 Å². The van der Waals surface area contributed by atoms with Crippen LogP contribution in [0.1, 0.15) is 18.1 Å². The molecule has 0 aliphatic heterocycles. The van der Waals surface area contributed by atoms with Crippen LogP contribution in [0.25, 0.3) is 0 Å². The summed E-state index contributed by atoms with van der Waals surface area (Å²) < 4.78 is 18.9. The number of esters is 1. The number of benzene rings is 3. The number of alkyl carbamates (subject to hydrolysis) is 1. The first kappa shape index (κ1) is 22.8. The highest BCUT2D eigenvalue weighted by molar-refractivity contribution is 5.90. The van der Waals surface area contributed by atoms with E-state index in [0.717, 1.165) is 16.4 Å². The zero-order valence-corrected chi connectivity index (χ0v) is 18.7. The lowest BCUT2D eigenvalue weighted by atomic mass is 10.2. The van der Waals surface area contributed by atoms with Gasteiger partial charge in [0, 0.05) is 5.69 Å². The van der Waals surface area contributed by atoms with Gasteiger partial charge in [0.25, 0.3) is 0 Å². The Balaban J connectivity index is 1.62. The van der Waals surface area contributed by atoms with Gasteiger partial charge in [-0.05, 0) is 30.2 Å². The number of hydrogen-bond donors (Lipinski definition) is 3. The van der Waals surface area contributed by atoms with E-state index < -0.39 is 30.2 Å². The van der Waals surface area contributed by atoms with Gasteiger partial charge in [0.1, 0.15) is 19.3 Å². The molecule has 0 saturated carbocycles. The third-order valence-corrected chi connectivity index (χ3v) is 4.70. The van der Waals surface area contributed by atoms with Crippen LogP contribution in [-0.2, 0) is 32.3 Å². The number of carbonyl (C=O) groups excluding carboxylic acids is 3. The van der Waals surface area contributed by atoms with Crippen molar-refractivity contribution in [3.8, 4) is 0 Å². The molecule has 1 unspecified atom stereocenters. The molecule has 3 rings (SSSR count). The molecule has 0 saturated heterocycles. The van der Waals surface area contributed by atoms with Gasteiger partial charge in [0.05, 0.1) is 0 Å². The van der Waals surface area contributed by atoms with E-state index in [1.54, 1.807) is 42.5 Å². The molecule has 3 aromatic carbocycles. The van der Waals surface area contributed by atoms with Gasteiger partial charge in [0.15, 0.2) is 7.58 Å². The van der Waals surface area contributed by atoms with E-state index in [9.17, 15) is 14.4 Å². The molecular weight excluding hydrogens is 434 g/mol. The SMILES string of the molecule is [2H]N(c1ccccc1)C(NC(=O)[C@H](C)NC(=O)OCc1ccccc1)C(=O)OCc1ccccc1. The summed E-state index contributed by atoms with van der Waals surface area (Å²) in [5.41, 5.74) is 1.93. The van der Waals surface area contributed by atoms with Crippen LogP contribution in [-0.4, -0.2) is 30.2 Å². The number of hydrogen-bond acceptors (Lipinski definition) is 6. The van der Waals surface area contributed by atoms with Gasteiger partial charge in [-0.2, -0.15) is 0 Å².